The second kappa shape index (κ2) is 8.65. The highest BCUT2D eigenvalue weighted by atomic mass is 16.5. The molecule has 1 aromatic heterocycles. The van der Waals surface area contributed by atoms with Crippen LogP contribution in [0.4, 0.5) is 0 Å². The van der Waals surface area contributed by atoms with Crippen molar-refractivity contribution in [3.05, 3.63) is 59.9 Å². The number of rotatable bonds is 9. The van der Waals surface area contributed by atoms with Crippen LogP contribution in [0.5, 0.6) is 0 Å². The molecule has 2 rings (SSSR count). The van der Waals surface area contributed by atoms with E-state index >= 15 is 0 Å². The molecular weight excluding hydrogens is 260 g/mol. The molecule has 0 aliphatic carbocycles. The van der Waals surface area contributed by atoms with Crippen LogP contribution in [0.3, 0.4) is 0 Å². The Morgan fingerprint density at radius 2 is 1.95 bits per heavy atom. The van der Waals surface area contributed by atoms with Crippen molar-refractivity contribution in [2.45, 2.75) is 46.1 Å². The Bertz CT molecular complexity index is 501. The minimum Gasteiger partial charge on any atom is -0.356 e. The van der Waals surface area contributed by atoms with Crippen molar-refractivity contribution in [1.29, 1.82) is 0 Å². The fourth-order valence-electron chi connectivity index (χ4n) is 2.51. The van der Waals surface area contributed by atoms with Gasteiger partial charge >= 0.3 is 0 Å². The van der Waals surface area contributed by atoms with Crippen LogP contribution in [0, 0.1) is 0 Å². The molecular formula is C18H26N2O. The maximum Gasteiger partial charge on any atom is 0.122 e. The predicted octanol–water partition coefficient (Wildman–Crippen LogP) is 4.11. The molecule has 2 aromatic rings. The molecule has 0 saturated carbocycles. The van der Waals surface area contributed by atoms with Gasteiger partial charge in [-0.15, -0.1) is 0 Å². The zero-order valence-corrected chi connectivity index (χ0v) is 13.1. The van der Waals surface area contributed by atoms with Crippen molar-refractivity contribution >= 4 is 0 Å². The Balaban J connectivity index is 1.84. The number of nitrogens with one attached hydrogen (secondary N) is 1. The van der Waals surface area contributed by atoms with Gasteiger partial charge in [-0.3, -0.25) is 0 Å². The van der Waals surface area contributed by atoms with Crippen LogP contribution >= 0.6 is 0 Å². The SMILES string of the molecule is CCCC(NCC)c1ccn(COCc2ccccc2)c1. The molecule has 0 aliphatic heterocycles. The molecule has 0 radical (unpaired) electrons. The first kappa shape index (κ1) is 15.8. The Morgan fingerprint density at radius 3 is 2.67 bits per heavy atom. The van der Waals surface area contributed by atoms with Gasteiger partial charge in [0.2, 0.25) is 0 Å². The third-order valence-corrected chi connectivity index (χ3v) is 3.56. The molecule has 0 aliphatic rings. The lowest BCUT2D eigenvalue weighted by atomic mass is 10.1. The highest BCUT2D eigenvalue weighted by molar-refractivity contribution is 5.15. The molecule has 0 spiro atoms. The minimum absolute atomic E-state index is 0.454. The summed E-state index contributed by atoms with van der Waals surface area (Å²) in [6.07, 6.45) is 6.64. The van der Waals surface area contributed by atoms with E-state index in [2.05, 4.69) is 54.3 Å². The summed E-state index contributed by atoms with van der Waals surface area (Å²) in [7, 11) is 0. The molecule has 3 heteroatoms. The molecule has 1 atom stereocenters. The smallest absolute Gasteiger partial charge is 0.122 e. The monoisotopic (exact) mass is 286 g/mol. The summed E-state index contributed by atoms with van der Waals surface area (Å²) in [4.78, 5) is 0. The Morgan fingerprint density at radius 1 is 1.14 bits per heavy atom. The second-order valence-electron chi connectivity index (χ2n) is 5.32. The third-order valence-electron chi connectivity index (χ3n) is 3.56. The lowest BCUT2D eigenvalue weighted by Crippen LogP contribution is -2.20. The molecule has 21 heavy (non-hydrogen) atoms. The Labute approximate surface area is 127 Å². The van der Waals surface area contributed by atoms with Gasteiger partial charge in [-0.1, -0.05) is 50.6 Å². The molecule has 0 saturated heterocycles. The normalized spacial score (nSPS) is 12.5. The van der Waals surface area contributed by atoms with Gasteiger partial charge in [0.25, 0.3) is 0 Å². The van der Waals surface area contributed by atoms with E-state index in [-0.39, 0.29) is 0 Å². The fraction of sp³-hybridized carbons (Fsp3) is 0.444. The average molecular weight is 286 g/mol. The van der Waals surface area contributed by atoms with Gasteiger partial charge in [0.1, 0.15) is 6.73 Å². The van der Waals surface area contributed by atoms with E-state index in [1.54, 1.807) is 0 Å². The second-order valence-corrected chi connectivity index (χ2v) is 5.32. The summed E-state index contributed by atoms with van der Waals surface area (Å²) in [6, 6.07) is 12.9. The number of ether oxygens (including phenoxy) is 1. The van der Waals surface area contributed by atoms with E-state index in [0.29, 0.717) is 19.4 Å². The minimum atomic E-state index is 0.454. The van der Waals surface area contributed by atoms with Crippen LogP contribution in [-0.2, 0) is 18.1 Å². The zero-order valence-electron chi connectivity index (χ0n) is 13.1. The standard InChI is InChI=1S/C18H26N2O/c1-3-8-18(19-4-2)17-11-12-20(13-17)15-21-14-16-9-6-5-7-10-16/h5-7,9-13,18-19H,3-4,8,14-15H2,1-2H3. The molecule has 1 heterocycles. The van der Waals surface area contributed by atoms with Crippen LogP contribution in [0.2, 0.25) is 0 Å². The molecule has 0 amide bonds. The molecule has 1 aromatic carbocycles. The van der Waals surface area contributed by atoms with E-state index in [1.165, 1.54) is 24.0 Å². The van der Waals surface area contributed by atoms with Crippen molar-refractivity contribution in [2.75, 3.05) is 6.54 Å². The quantitative estimate of drug-likeness (QED) is 0.750. The van der Waals surface area contributed by atoms with E-state index < -0.39 is 0 Å². The van der Waals surface area contributed by atoms with Crippen molar-refractivity contribution in [2.24, 2.45) is 0 Å². The first-order chi connectivity index (χ1) is 10.3. The van der Waals surface area contributed by atoms with Gasteiger partial charge in [-0.2, -0.15) is 0 Å². The highest BCUT2D eigenvalue weighted by Gasteiger charge is 2.10. The molecule has 1 unspecified atom stereocenters. The summed E-state index contributed by atoms with van der Waals surface area (Å²) in [5, 5.41) is 3.54. The number of hydrogen-bond acceptors (Lipinski definition) is 2. The fourth-order valence-corrected chi connectivity index (χ4v) is 2.51. The number of benzene rings is 1. The summed E-state index contributed by atoms with van der Waals surface area (Å²) >= 11 is 0. The highest BCUT2D eigenvalue weighted by Crippen LogP contribution is 2.18. The summed E-state index contributed by atoms with van der Waals surface area (Å²) in [5.74, 6) is 0. The Hall–Kier alpha value is -1.58. The van der Waals surface area contributed by atoms with E-state index in [4.69, 9.17) is 4.74 Å². The lowest BCUT2D eigenvalue weighted by molar-refractivity contribution is 0.0641. The van der Waals surface area contributed by atoms with Crippen LogP contribution in [0.15, 0.2) is 48.8 Å². The maximum absolute atomic E-state index is 5.76. The van der Waals surface area contributed by atoms with Gasteiger partial charge in [-0.05, 0) is 30.2 Å². The zero-order chi connectivity index (χ0) is 14.9. The first-order valence-electron chi connectivity index (χ1n) is 7.84. The van der Waals surface area contributed by atoms with Crippen molar-refractivity contribution in [1.82, 2.24) is 9.88 Å². The van der Waals surface area contributed by atoms with Gasteiger partial charge in [0.05, 0.1) is 6.61 Å². The van der Waals surface area contributed by atoms with Crippen molar-refractivity contribution in [3.8, 4) is 0 Å². The first-order valence-corrected chi connectivity index (χ1v) is 7.84. The number of aromatic nitrogens is 1. The average Bonchev–Trinajstić information content (AvgIpc) is 2.97. The molecule has 1 N–H and O–H groups in total. The van der Waals surface area contributed by atoms with Crippen molar-refractivity contribution < 1.29 is 4.74 Å². The van der Waals surface area contributed by atoms with E-state index in [0.717, 1.165) is 6.54 Å². The van der Waals surface area contributed by atoms with Crippen LogP contribution in [0.25, 0.3) is 0 Å². The third kappa shape index (κ3) is 5.03. The van der Waals surface area contributed by atoms with E-state index in [1.807, 2.05) is 18.2 Å². The topological polar surface area (TPSA) is 26.2 Å². The molecule has 0 bridgehead atoms. The van der Waals surface area contributed by atoms with Gasteiger partial charge in [0, 0.05) is 18.4 Å². The summed E-state index contributed by atoms with van der Waals surface area (Å²) in [6.45, 7) is 6.63. The van der Waals surface area contributed by atoms with Gasteiger partial charge in [0.15, 0.2) is 0 Å². The summed E-state index contributed by atoms with van der Waals surface area (Å²) in [5.41, 5.74) is 2.56. The summed E-state index contributed by atoms with van der Waals surface area (Å²) < 4.78 is 7.87. The predicted molar refractivity (Wildman–Crippen MR) is 87.0 cm³/mol. The lowest BCUT2D eigenvalue weighted by Gasteiger charge is -2.15. The maximum atomic E-state index is 5.76. The van der Waals surface area contributed by atoms with Gasteiger partial charge in [-0.25, -0.2) is 0 Å². The number of nitrogens with zero attached hydrogens (tertiary/aromatic N) is 1. The molecule has 0 fully saturated rings. The number of hydrogen-bond donors (Lipinski definition) is 1. The van der Waals surface area contributed by atoms with Gasteiger partial charge < -0.3 is 14.6 Å². The largest absolute Gasteiger partial charge is 0.356 e. The van der Waals surface area contributed by atoms with Crippen LogP contribution in [0.1, 0.15) is 43.9 Å². The molecule has 3 nitrogen and oxygen atoms in total. The van der Waals surface area contributed by atoms with Crippen LogP contribution in [-0.4, -0.2) is 11.1 Å². The van der Waals surface area contributed by atoms with E-state index in [9.17, 15) is 0 Å². The Kier molecular flexibility index (Phi) is 6.51. The van der Waals surface area contributed by atoms with Crippen LogP contribution < -0.4 is 5.32 Å². The van der Waals surface area contributed by atoms with Crippen molar-refractivity contribution in [3.63, 3.8) is 0 Å². The molecule has 114 valence electrons.